The van der Waals surface area contributed by atoms with E-state index >= 15 is 0 Å². The minimum absolute atomic E-state index is 0.0178. The van der Waals surface area contributed by atoms with Gasteiger partial charge in [-0.15, -0.1) is 11.3 Å². The molecule has 0 saturated heterocycles. The third-order valence-electron chi connectivity index (χ3n) is 5.79. The number of rotatable bonds is 4. The fraction of sp³-hybridized carbons (Fsp3) is 0.192. The van der Waals surface area contributed by atoms with Gasteiger partial charge in [-0.2, -0.15) is 0 Å². The van der Waals surface area contributed by atoms with Crippen molar-refractivity contribution in [1.82, 2.24) is 5.43 Å². The van der Waals surface area contributed by atoms with E-state index in [0.29, 0.717) is 40.1 Å². The summed E-state index contributed by atoms with van der Waals surface area (Å²) in [5, 5.41) is 2.51. The zero-order chi connectivity index (χ0) is 24.0. The van der Waals surface area contributed by atoms with Gasteiger partial charge in [-0.25, -0.2) is 13.2 Å². The van der Waals surface area contributed by atoms with Gasteiger partial charge >= 0.3 is 0 Å². The minimum Gasteiger partial charge on any atom is -0.489 e. The molecule has 3 aromatic carbocycles. The first-order valence-corrected chi connectivity index (χ1v) is 11.7. The van der Waals surface area contributed by atoms with Crippen molar-refractivity contribution in [2.75, 3.05) is 18.2 Å². The Morgan fingerprint density at radius 1 is 1.06 bits per heavy atom. The lowest BCUT2D eigenvalue weighted by Crippen LogP contribution is -2.46. The number of halogens is 3. The van der Waals surface area contributed by atoms with E-state index in [1.54, 1.807) is 17.1 Å². The van der Waals surface area contributed by atoms with Crippen LogP contribution in [-0.2, 0) is 0 Å². The highest BCUT2D eigenvalue weighted by Gasteiger charge is 2.26. The predicted octanol–water partition coefficient (Wildman–Crippen LogP) is 6.65. The summed E-state index contributed by atoms with van der Waals surface area (Å²) in [5.41, 5.74) is 4.70. The van der Waals surface area contributed by atoms with Crippen molar-refractivity contribution in [3.05, 3.63) is 82.5 Å². The van der Waals surface area contributed by atoms with E-state index in [1.165, 1.54) is 11.3 Å². The number of fused-ring (bicyclic) bond motifs is 2. The first-order valence-electron chi connectivity index (χ1n) is 10.9. The molecule has 8 heteroatoms. The normalized spacial score (nSPS) is 13.2. The second kappa shape index (κ2) is 8.68. The number of thiophene rings is 1. The number of hydrazine groups is 1. The molecule has 174 valence electrons. The Hall–Kier alpha value is -3.52. The summed E-state index contributed by atoms with van der Waals surface area (Å²) in [5.74, 6) is -2.88. The van der Waals surface area contributed by atoms with Gasteiger partial charge in [0, 0.05) is 21.9 Å². The van der Waals surface area contributed by atoms with Crippen molar-refractivity contribution < 1.29 is 22.7 Å². The largest absolute Gasteiger partial charge is 0.489 e. The van der Waals surface area contributed by atoms with Crippen LogP contribution in [0.2, 0.25) is 0 Å². The zero-order valence-electron chi connectivity index (χ0n) is 18.5. The molecule has 0 fully saturated rings. The number of ether oxygens (including phenoxy) is 1. The highest BCUT2D eigenvalue weighted by Crippen LogP contribution is 2.42. The Morgan fingerprint density at radius 3 is 2.65 bits per heavy atom. The van der Waals surface area contributed by atoms with E-state index in [9.17, 15) is 18.0 Å². The quantitative estimate of drug-likeness (QED) is 0.331. The van der Waals surface area contributed by atoms with Crippen LogP contribution in [0.1, 0.15) is 35.0 Å². The van der Waals surface area contributed by atoms with Crippen LogP contribution in [0, 0.1) is 17.5 Å². The van der Waals surface area contributed by atoms with Crippen molar-refractivity contribution in [3.63, 3.8) is 0 Å². The number of nitrogens with zero attached hydrogens (tertiary/aromatic N) is 1. The fourth-order valence-corrected chi connectivity index (χ4v) is 5.68. The number of carbonyl (C=O) groups is 1. The Bertz CT molecular complexity index is 1420. The summed E-state index contributed by atoms with van der Waals surface area (Å²) in [6.45, 7) is 4.84. The second-order valence-corrected chi connectivity index (χ2v) is 9.36. The molecule has 0 aliphatic carbocycles. The first kappa shape index (κ1) is 22.3. The van der Waals surface area contributed by atoms with Gasteiger partial charge in [0.1, 0.15) is 18.2 Å². The monoisotopic (exact) mass is 482 g/mol. The van der Waals surface area contributed by atoms with Gasteiger partial charge in [0.2, 0.25) is 0 Å². The molecule has 34 heavy (non-hydrogen) atoms. The number of hydrogen-bond acceptors (Lipinski definition) is 4. The van der Waals surface area contributed by atoms with Crippen molar-refractivity contribution in [2.24, 2.45) is 0 Å². The van der Waals surface area contributed by atoms with Crippen molar-refractivity contribution in [2.45, 2.75) is 19.8 Å². The molecular formula is C26H21F3N2O2S. The van der Waals surface area contributed by atoms with E-state index in [-0.39, 0.29) is 17.4 Å². The van der Waals surface area contributed by atoms with Gasteiger partial charge in [0.15, 0.2) is 11.6 Å². The summed E-state index contributed by atoms with van der Waals surface area (Å²) in [7, 11) is 0. The van der Waals surface area contributed by atoms with Gasteiger partial charge in [-0.3, -0.25) is 15.2 Å². The Labute approximate surface area is 198 Å². The average Bonchev–Trinajstić information content (AvgIpc) is 3.22. The molecule has 1 aliphatic heterocycles. The lowest BCUT2D eigenvalue weighted by molar-refractivity contribution is 0.0948. The predicted molar refractivity (Wildman–Crippen MR) is 128 cm³/mol. The smallest absolute Gasteiger partial charge is 0.280 e. The van der Waals surface area contributed by atoms with Crippen LogP contribution in [0.15, 0.2) is 54.6 Å². The summed E-state index contributed by atoms with van der Waals surface area (Å²) < 4.78 is 48.8. The highest BCUT2D eigenvalue weighted by molar-refractivity contribution is 7.21. The molecule has 0 unspecified atom stereocenters. The molecule has 2 heterocycles. The number of anilines is 1. The van der Waals surface area contributed by atoms with Crippen molar-refractivity contribution in [1.29, 1.82) is 0 Å². The summed E-state index contributed by atoms with van der Waals surface area (Å²) in [4.78, 5) is 13.9. The SMILES string of the molecule is CC(C)c1c(C(=O)NN2CCOc3ccccc32)sc2c(-c3cc(F)cc(F)c3F)cccc12. The molecule has 4 aromatic rings. The summed E-state index contributed by atoms with van der Waals surface area (Å²) >= 11 is 1.19. The van der Waals surface area contributed by atoms with Crippen LogP contribution < -0.4 is 15.2 Å². The van der Waals surface area contributed by atoms with Crippen LogP contribution in [0.4, 0.5) is 18.9 Å². The Balaban J connectivity index is 1.61. The van der Waals surface area contributed by atoms with E-state index in [0.717, 1.165) is 22.7 Å². The lowest BCUT2D eigenvalue weighted by Gasteiger charge is -2.31. The third kappa shape index (κ3) is 3.77. The maximum absolute atomic E-state index is 14.6. The first-order chi connectivity index (χ1) is 16.3. The molecule has 5 rings (SSSR count). The maximum atomic E-state index is 14.6. The molecule has 4 nitrogen and oxygen atoms in total. The number of nitrogens with one attached hydrogen (secondary N) is 1. The number of amides is 1. The van der Waals surface area contributed by atoms with E-state index in [4.69, 9.17) is 4.74 Å². The van der Waals surface area contributed by atoms with Gasteiger partial charge < -0.3 is 4.74 Å². The third-order valence-corrected chi connectivity index (χ3v) is 7.04. The van der Waals surface area contributed by atoms with E-state index in [1.807, 2.05) is 44.2 Å². The van der Waals surface area contributed by atoms with Crippen LogP contribution >= 0.6 is 11.3 Å². The second-order valence-electron chi connectivity index (χ2n) is 8.34. The van der Waals surface area contributed by atoms with Crippen molar-refractivity contribution in [3.8, 4) is 16.9 Å². The molecular weight excluding hydrogens is 461 g/mol. The lowest BCUT2D eigenvalue weighted by atomic mass is 9.96. The van der Waals surface area contributed by atoms with Gasteiger partial charge in [-0.05, 0) is 35.1 Å². The topological polar surface area (TPSA) is 41.6 Å². The van der Waals surface area contributed by atoms with Gasteiger partial charge in [0.25, 0.3) is 5.91 Å². The summed E-state index contributed by atoms with van der Waals surface area (Å²) in [6.07, 6.45) is 0. The van der Waals surface area contributed by atoms with Crippen LogP contribution in [0.25, 0.3) is 21.2 Å². The molecule has 1 aromatic heterocycles. The molecule has 1 amide bonds. The average molecular weight is 483 g/mol. The molecule has 0 atom stereocenters. The van der Waals surface area contributed by atoms with Crippen LogP contribution in [-0.4, -0.2) is 19.1 Å². The fourth-order valence-electron chi connectivity index (χ4n) is 4.30. The molecule has 1 N–H and O–H groups in total. The standard InChI is InChI=1S/C26H21F3N2O2S/c1-14(2)22-17-7-5-6-16(18-12-15(27)13-19(28)23(18)29)24(17)34-25(22)26(32)30-31-10-11-33-21-9-4-3-8-20(21)31/h3-9,12-14H,10-11H2,1-2H3,(H,30,32). The van der Waals surface area contributed by atoms with E-state index < -0.39 is 17.5 Å². The number of para-hydroxylation sites is 2. The molecule has 0 saturated carbocycles. The Kier molecular flexibility index (Phi) is 5.69. The Morgan fingerprint density at radius 2 is 1.85 bits per heavy atom. The molecule has 0 radical (unpaired) electrons. The van der Waals surface area contributed by atoms with Gasteiger partial charge in [0.05, 0.1) is 17.1 Å². The van der Waals surface area contributed by atoms with Gasteiger partial charge in [-0.1, -0.05) is 44.2 Å². The molecule has 0 spiro atoms. The van der Waals surface area contributed by atoms with Crippen LogP contribution in [0.5, 0.6) is 5.75 Å². The summed E-state index contributed by atoms with van der Waals surface area (Å²) in [6, 6.07) is 14.1. The van der Waals surface area contributed by atoms with Crippen LogP contribution in [0.3, 0.4) is 0 Å². The van der Waals surface area contributed by atoms with E-state index in [2.05, 4.69) is 5.43 Å². The number of carbonyl (C=O) groups excluding carboxylic acids is 1. The highest BCUT2D eigenvalue weighted by atomic mass is 32.1. The molecule has 0 bridgehead atoms. The van der Waals surface area contributed by atoms with Crippen molar-refractivity contribution >= 4 is 33.0 Å². The maximum Gasteiger partial charge on any atom is 0.280 e. The zero-order valence-corrected chi connectivity index (χ0v) is 19.3. The number of hydrogen-bond donors (Lipinski definition) is 1. The molecule has 1 aliphatic rings. The number of benzene rings is 3. The minimum atomic E-state index is -1.25.